The summed E-state index contributed by atoms with van der Waals surface area (Å²) in [6.45, 7) is 0.120. The van der Waals surface area contributed by atoms with E-state index in [-0.39, 0.29) is 12.1 Å². The molecule has 34 heavy (non-hydrogen) atoms. The quantitative estimate of drug-likeness (QED) is 0.340. The Balaban J connectivity index is 1.48. The van der Waals surface area contributed by atoms with E-state index in [1.54, 1.807) is 30.3 Å². The second-order valence-electron chi connectivity index (χ2n) is 8.04. The van der Waals surface area contributed by atoms with Gasteiger partial charge in [0.25, 0.3) is 5.91 Å². The molecule has 0 spiro atoms. The largest absolute Gasteiger partial charge is 0.456 e. The summed E-state index contributed by atoms with van der Waals surface area (Å²) in [6.07, 6.45) is 1.14. The van der Waals surface area contributed by atoms with Crippen molar-refractivity contribution in [1.82, 2.24) is 0 Å². The number of sulfonamides is 1. The maximum absolute atomic E-state index is 13.3. The van der Waals surface area contributed by atoms with Crippen LogP contribution in [0.4, 0.5) is 11.4 Å². The number of carbonyl (C=O) groups excluding carboxylic acids is 1. The molecule has 170 valence electrons. The Kier molecular flexibility index (Phi) is 5.55. The van der Waals surface area contributed by atoms with E-state index >= 15 is 0 Å². The molecule has 1 N–H and O–H groups in total. The number of amides is 1. The molecule has 4 aromatic carbocycles. The predicted molar refractivity (Wildman–Crippen MR) is 136 cm³/mol. The zero-order chi connectivity index (χ0) is 23.7. The zero-order valence-electron chi connectivity index (χ0n) is 18.4. The Hall–Kier alpha value is -4.10. The van der Waals surface area contributed by atoms with E-state index in [1.165, 1.54) is 4.31 Å². The Morgan fingerprint density at radius 2 is 1.50 bits per heavy atom. The van der Waals surface area contributed by atoms with Gasteiger partial charge in [-0.05, 0) is 35.9 Å². The molecule has 5 aromatic rings. The van der Waals surface area contributed by atoms with Crippen molar-refractivity contribution < 1.29 is 17.6 Å². The number of nitrogens with zero attached hydrogens (tertiary/aromatic N) is 1. The van der Waals surface area contributed by atoms with Crippen molar-refractivity contribution in [3.8, 4) is 0 Å². The molecule has 0 aliphatic rings. The number of anilines is 2. The lowest BCUT2D eigenvalue weighted by molar-refractivity contribution is 0.102. The number of carbonyl (C=O) groups is 1. The Bertz CT molecular complexity index is 1610. The molecule has 0 fully saturated rings. The van der Waals surface area contributed by atoms with Crippen molar-refractivity contribution in [3.63, 3.8) is 0 Å². The van der Waals surface area contributed by atoms with Gasteiger partial charge in [-0.3, -0.25) is 9.10 Å². The average molecular weight is 471 g/mol. The fourth-order valence-electron chi connectivity index (χ4n) is 4.02. The van der Waals surface area contributed by atoms with E-state index in [1.807, 2.05) is 66.7 Å². The smallest absolute Gasteiger partial charge is 0.257 e. The van der Waals surface area contributed by atoms with Crippen LogP contribution in [0.15, 0.2) is 101 Å². The fourth-order valence-corrected chi connectivity index (χ4v) is 4.92. The van der Waals surface area contributed by atoms with Gasteiger partial charge in [0.1, 0.15) is 11.2 Å². The molecule has 0 aliphatic heterocycles. The Labute approximate surface area is 197 Å². The summed E-state index contributed by atoms with van der Waals surface area (Å²) in [7, 11) is -3.65. The van der Waals surface area contributed by atoms with Gasteiger partial charge in [0.15, 0.2) is 0 Å². The highest BCUT2D eigenvalue weighted by Gasteiger charge is 2.23. The summed E-state index contributed by atoms with van der Waals surface area (Å²) in [5.74, 6) is -0.409. The van der Waals surface area contributed by atoms with Gasteiger partial charge in [-0.1, -0.05) is 60.7 Å². The van der Waals surface area contributed by atoms with Crippen molar-refractivity contribution in [2.24, 2.45) is 0 Å². The predicted octanol–water partition coefficient (Wildman–Crippen LogP) is 5.80. The molecule has 0 atom stereocenters. The highest BCUT2D eigenvalue weighted by molar-refractivity contribution is 7.92. The van der Waals surface area contributed by atoms with Crippen LogP contribution in [-0.4, -0.2) is 20.6 Å². The number of nitrogens with one attached hydrogen (secondary N) is 1. The first-order chi connectivity index (χ1) is 16.4. The van der Waals surface area contributed by atoms with E-state index in [9.17, 15) is 13.2 Å². The van der Waals surface area contributed by atoms with Crippen LogP contribution in [0.5, 0.6) is 0 Å². The van der Waals surface area contributed by atoms with Crippen molar-refractivity contribution in [2.75, 3.05) is 15.9 Å². The van der Waals surface area contributed by atoms with Crippen molar-refractivity contribution in [2.45, 2.75) is 6.54 Å². The SMILES string of the molecule is CS(=O)(=O)N(Cc1ccccc1)c1ccccc1C(=O)Nc1ccc2c(c1)oc1ccccc12. The van der Waals surface area contributed by atoms with Crippen LogP contribution in [0, 0.1) is 0 Å². The molecule has 0 bridgehead atoms. The Morgan fingerprint density at radius 3 is 2.29 bits per heavy atom. The van der Waals surface area contributed by atoms with Gasteiger partial charge in [-0.2, -0.15) is 0 Å². The summed E-state index contributed by atoms with van der Waals surface area (Å²) >= 11 is 0. The molecule has 1 aromatic heterocycles. The maximum Gasteiger partial charge on any atom is 0.257 e. The van der Waals surface area contributed by atoms with Crippen molar-refractivity contribution >= 4 is 49.2 Å². The molecular formula is C27H22N2O4S. The lowest BCUT2D eigenvalue weighted by Gasteiger charge is -2.24. The van der Waals surface area contributed by atoms with Crippen molar-refractivity contribution in [1.29, 1.82) is 0 Å². The number of rotatable bonds is 6. The molecule has 1 heterocycles. The van der Waals surface area contributed by atoms with Crippen LogP contribution in [0.3, 0.4) is 0 Å². The van der Waals surface area contributed by atoms with Gasteiger partial charge in [-0.25, -0.2) is 8.42 Å². The second kappa shape index (κ2) is 8.68. The molecule has 0 radical (unpaired) electrons. The third-order valence-electron chi connectivity index (χ3n) is 5.62. The summed E-state index contributed by atoms with van der Waals surface area (Å²) in [4.78, 5) is 13.3. The third kappa shape index (κ3) is 4.25. The van der Waals surface area contributed by atoms with E-state index in [2.05, 4.69) is 5.32 Å². The highest BCUT2D eigenvalue weighted by atomic mass is 32.2. The lowest BCUT2D eigenvalue weighted by atomic mass is 10.1. The summed E-state index contributed by atoms with van der Waals surface area (Å²) in [5.41, 5.74) is 3.38. The summed E-state index contributed by atoms with van der Waals surface area (Å²) in [6, 6.07) is 29.2. The van der Waals surface area contributed by atoms with Gasteiger partial charge in [0, 0.05) is 22.5 Å². The monoisotopic (exact) mass is 470 g/mol. The average Bonchev–Trinajstić information content (AvgIpc) is 3.20. The van der Waals surface area contributed by atoms with Crippen LogP contribution in [0.2, 0.25) is 0 Å². The summed E-state index contributed by atoms with van der Waals surface area (Å²) < 4.78 is 32.5. The van der Waals surface area contributed by atoms with Crippen LogP contribution >= 0.6 is 0 Å². The van der Waals surface area contributed by atoms with Gasteiger partial charge in [0.2, 0.25) is 10.0 Å². The summed E-state index contributed by atoms with van der Waals surface area (Å²) in [5, 5.41) is 4.85. The van der Waals surface area contributed by atoms with Crippen LogP contribution < -0.4 is 9.62 Å². The minimum atomic E-state index is -3.65. The molecule has 1 amide bonds. The molecule has 7 heteroatoms. The first kappa shape index (κ1) is 21.7. The van der Waals surface area contributed by atoms with E-state index < -0.39 is 15.9 Å². The van der Waals surface area contributed by atoms with Crippen LogP contribution in [-0.2, 0) is 16.6 Å². The number of fused-ring (bicyclic) bond motifs is 3. The van der Waals surface area contributed by atoms with E-state index in [0.717, 1.165) is 28.2 Å². The number of benzene rings is 4. The fraction of sp³-hybridized carbons (Fsp3) is 0.0741. The number of hydrogen-bond donors (Lipinski definition) is 1. The Morgan fingerprint density at radius 1 is 0.824 bits per heavy atom. The van der Waals surface area contributed by atoms with Gasteiger partial charge in [-0.15, -0.1) is 0 Å². The molecule has 6 nitrogen and oxygen atoms in total. The lowest BCUT2D eigenvalue weighted by Crippen LogP contribution is -2.31. The van der Waals surface area contributed by atoms with Gasteiger partial charge >= 0.3 is 0 Å². The van der Waals surface area contributed by atoms with E-state index in [4.69, 9.17) is 4.42 Å². The molecule has 0 unspecified atom stereocenters. The topological polar surface area (TPSA) is 79.6 Å². The molecule has 0 saturated heterocycles. The zero-order valence-corrected chi connectivity index (χ0v) is 19.2. The molecule has 5 rings (SSSR count). The minimum Gasteiger partial charge on any atom is -0.456 e. The second-order valence-corrected chi connectivity index (χ2v) is 9.94. The number of hydrogen-bond acceptors (Lipinski definition) is 4. The van der Waals surface area contributed by atoms with E-state index in [0.29, 0.717) is 17.0 Å². The minimum absolute atomic E-state index is 0.120. The maximum atomic E-state index is 13.3. The van der Waals surface area contributed by atoms with Gasteiger partial charge in [0.05, 0.1) is 24.1 Å². The number of furan rings is 1. The molecular weight excluding hydrogens is 448 g/mol. The van der Waals surface area contributed by atoms with Crippen LogP contribution in [0.1, 0.15) is 15.9 Å². The number of para-hydroxylation sites is 2. The highest BCUT2D eigenvalue weighted by Crippen LogP contribution is 2.31. The van der Waals surface area contributed by atoms with Crippen molar-refractivity contribution in [3.05, 3.63) is 108 Å². The molecule has 0 aliphatic carbocycles. The molecule has 0 saturated carbocycles. The first-order valence-corrected chi connectivity index (χ1v) is 12.6. The van der Waals surface area contributed by atoms with Crippen LogP contribution in [0.25, 0.3) is 21.9 Å². The first-order valence-electron chi connectivity index (χ1n) is 10.7. The standard InChI is InChI=1S/C27H22N2O4S/c1-34(31,32)29(18-19-9-3-2-4-10-19)24-13-7-5-12-23(24)27(30)28-20-15-16-22-21-11-6-8-14-25(21)33-26(22)17-20/h2-17H,18H2,1H3,(H,28,30). The van der Waals surface area contributed by atoms with Gasteiger partial charge < -0.3 is 9.73 Å². The normalized spacial score (nSPS) is 11.6. The third-order valence-corrected chi connectivity index (χ3v) is 6.75.